The maximum absolute atomic E-state index is 5.15. The molecule has 1 aromatic heterocycles. The minimum atomic E-state index is 0.848. The van der Waals surface area contributed by atoms with Gasteiger partial charge in [-0.1, -0.05) is 0 Å². The zero-order valence-electron chi connectivity index (χ0n) is 8.45. The Bertz CT molecular complexity index is 315. The summed E-state index contributed by atoms with van der Waals surface area (Å²) in [4.78, 5) is 8.32. The first kappa shape index (κ1) is 10.5. The lowest BCUT2D eigenvalue weighted by Crippen LogP contribution is -2.05. The molecule has 0 radical (unpaired) electrons. The van der Waals surface area contributed by atoms with Crippen molar-refractivity contribution in [1.82, 2.24) is 9.97 Å². The van der Waals surface area contributed by atoms with Gasteiger partial charge in [-0.05, 0) is 19.8 Å². The first-order valence-corrected chi connectivity index (χ1v) is 4.79. The topological polar surface area (TPSA) is 37.8 Å². The van der Waals surface area contributed by atoms with E-state index in [2.05, 4.69) is 21.2 Å². The fourth-order valence-corrected chi connectivity index (χ4v) is 1.14. The lowest BCUT2D eigenvalue weighted by Gasteiger charge is -2.05. The first-order chi connectivity index (χ1) is 6.84. The zero-order valence-corrected chi connectivity index (χ0v) is 8.45. The number of nitrogens with zero attached hydrogens (tertiary/aromatic N) is 2. The number of terminal acetylenes is 1. The van der Waals surface area contributed by atoms with E-state index in [0.717, 1.165) is 37.3 Å². The van der Waals surface area contributed by atoms with E-state index in [1.165, 1.54) is 0 Å². The number of unbranched alkanes of at least 4 members (excludes halogenated alkanes) is 2. The van der Waals surface area contributed by atoms with E-state index in [0.29, 0.717) is 0 Å². The van der Waals surface area contributed by atoms with Crippen LogP contribution in [0.1, 0.15) is 25.0 Å². The van der Waals surface area contributed by atoms with Gasteiger partial charge < -0.3 is 5.32 Å². The van der Waals surface area contributed by atoms with E-state index in [9.17, 15) is 0 Å². The van der Waals surface area contributed by atoms with Gasteiger partial charge in [-0.2, -0.15) is 0 Å². The van der Waals surface area contributed by atoms with Crippen molar-refractivity contribution >= 4 is 5.82 Å². The minimum Gasteiger partial charge on any atom is -0.369 e. The average molecular weight is 189 g/mol. The maximum atomic E-state index is 5.15. The van der Waals surface area contributed by atoms with Crippen molar-refractivity contribution in [3.05, 3.63) is 18.1 Å². The van der Waals surface area contributed by atoms with Gasteiger partial charge >= 0.3 is 0 Å². The van der Waals surface area contributed by atoms with E-state index >= 15 is 0 Å². The molecule has 0 saturated carbocycles. The second-order valence-electron chi connectivity index (χ2n) is 3.08. The van der Waals surface area contributed by atoms with Crippen LogP contribution in [-0.2, 0) is 0 Å². The monoisotopic (exact) mass is 189 g/mol. The van der Waals surface area contributed by atoms with Crippen molar-refractivity contribution in [2.75, 3.05) is 11.9 Å². The van der Waals surface area contributed by atoms with Gasteiger partial charge in [0.2, 0.25) is 0 Å². The van der Waals surface area contributed by atoms with Gasteiger partial charge in [-0.25, -0.2) is 4.98 Å². The van der Waals surface area contributed by atoms with Crippen molar-refractivity contribution < 1.29 is 0 Å². The van der Waals surface area contributed by atoms with Crippen LogP contribution in [0.3, 0.4) is 0 Å². The van der Waals surface area contributed by atoms with Crippen LogP contribution in [0.25, 0.3) is 0 Å². The third-order valence-corrected chi connectivity index (χ3v) is 1.92. The van der Waals surface area contributed by atoms with Gasteiger partial charge in [0.15, 0.2) is 0 Å². The second kappa shape index (κ2) is 5.98. The largest absolute Gasteiger partial charge is 0.369 e. The molecule has 0 unspecified atom stereocenters. The Kier molecular flexibility index (Phi) is 4.49. The molecule has 0 aliphatic rings. The molecule has 14 heavy (non-hydrogen) atoms. The SMILES string of the molecule is C#CCCCCNc1nccnc1C. The molecule has 0 fully saturated rings. The molecule has 3 nitrogen and oxygen atoms in total. The molecule has 0 bridgehead atoms. The standard InChI is InChI=1S/C11H15N3/c1-3-4-5-6-7-13-11-10(2)12-8-9-14-11/h1,8-9H,4-7H2,2H3,(H,13,14). The van der Waals surface area contributed by atoms with Gasteiger partial charge in [0.25, 0.3) is 0 Å². The van der Waals surface area contributed by atoms with E-state index in [1.807, 2.05) is 6.92 Å². The molecule has 1 aromatic rings. The van der Waals surface area contributed by atoms with Crippen molar-refractivity contribution in [3.8, 4) is 12.3 Å². The highest BCUT2D eigenvalue weighted by Gasteiger charge is 1.97. The minimum absolute atomic E-state index is 0.848. The Morgan fingerprint density at radius 1 is 1.36 bits per heavy atom. The molecular formula is C11H15N3. The quantitative estimate of drug-likeness (QED) is 0.568. The molecule has 3 heteroatoms. The number of rotatable bonds is 5. The number of anilines is 1. The molecule has 0 saturated heterocycles. The average Bonchev–Trinajstić information content (AvgIpc) is 2.20. The van der Waals surface area contributed by atoms with Crippen LogP contribution >= 0.6 is 0 Å². The number of aryl methyl sites for hydroxylation is 1. The van der Waals surface area contributed by atoms with Crippen molar-refractivity contribution in [2.45, 2.75) is 26.2 Å². The number of hydrogen-bond donors (Lipinski definition) is 1. The summed E-state index contributed by atoms with van der Waals surface area (Å²) in [5, 5.41) is 3.23. The Morgan fingerprint density at radius 2 is 2.14 bits per heavy atom. The molecule has 0 atom stereocenters. The Balaban J connectivity index is 2.25. The summed E-state index contributed by atoms with van der Waals surface area (Å²) in [6.07, 6.45) is 11.5. The molecule has 1 rings (SSSR count). The van der Waals surface area contributed by atoms with Crippen LogP contribution in [0.15, 0.2) is 12.4 Å². The van der Waals surface area contributed by atoms with E-state index in [1.54, 1.807) is 12.4 Å². The molecule has 0 spiro atoms. The normalized spacial score (nSPS) is 9.43. The summed E-state index contributed by atoms with van der Waals surface area (Å²) in [7, 11) is 0. The summed E-state index contributed by atoms with van der Waals surface area (Å²) in [6.45, 7) is 2.85. The predicted octanol–water partition coefficient (Wildman–Crippen LogP) is 2.00. The summed E-state index contributed by atoms with van der Waals surface area (Å²) in [6, 6.07) is 0. The highest BCUT2D eigenvalue weighted by atomic mass is 15.0. The van der Waals surface area contributed by atoms with Gasteiger partial charge in [0, 0.05) is 25.4 Å². The van der Waals surface area contributed by atoms with Crippen LogP contribution in [0.2, 0.25) is 0 Å². The molecule has 0 aliphatic heterocycles. The van der Waals surface area contributed by atoms with Crippen LogP contribution in [0, 0.1) is 19.3 Å². The lowest BCUT2D eigenvalue weighted by atomic mass is 10.2. The number of nitrogens with one attached hydrogen (secondary N) is 1. The smallest absolute Gasteiger partial charge is 0.147 e. The summed E-state index contributed by atoms with van der Waals surface area (Å²) >= 11 is 0. The fourth-order valence-electron chi connectivity index (χ4n) is 1.14. The van der Waals surface area contributed by atoms with E-state index in [4.69, 9.17) is 6.42 Å². The predicted molar refractivity (Wildman–Crippen MR) is 57.9 cm³/mol. The fraction of sp³-hybridized carbons (Fsp3) is 0.455. The van der Waals surface area contributed by atoms with E-state index in [-0.39, 0.29) is 0 Å². The number of hydrogen-bond acceptors (Lipinski definition) is 3. The van der Waals surface area contributed by atoms with Crippen molar-refractivity contribution in [3.63, 3.8) is 0 Å². The van der Waals surface area contributed by atoms with Crippen LogP contribution < -0.4 is 5.32 Å². The molecule has 1 heterocycles. The third kappa shape index (κ3) is 3.44. The Labute approximate surface area is 85.0 Å². The zero-order chi connectivity index (χ0) is 10.2. The molecule has 74 valence electrons. The lowest BCUT2D eigenvalue weighted by molar-refractivity contribution is 0.786. The van der Waals surface area contributed by atoms with Gasteiger partial charge in [0.05, 0.1) is 5.69 Å². The summed E-state index contributed by atoms with van der Waals surface area (Å²) in [5.41, 5.74) is 0.935. The van der Waals surface area contributed by atoms with Gasteiger partial charge in [-0.15, -0.1) is 12.3 Å². The highest BCUT2D eigenvalue weighted by Crippen LogP contribution is 2.06. The van der Waals surface area contributed by atoms with Crippen molar-refractivity contribution in [2.24, 2.45) is 0 Å². The second-order valence-corrected chi connectivity index (χ2v) is 3.08. The molecule has 0 aliphatic carbocycles. The Hall–Kier alpha value is -1.56. The van der Waals surface area contributed by atoms with Gasteiger partial charge in [-0.3, -0.25) is 4.98 Å². The molecule has 1 N–H and O–H groups in total. The first-order valence-electron chi connectivity index (χ1n) is 4.79. The van der Waals surface area contributed by atoms with Crippen molar-refractivity contribution in [1.29, 1.82) is 0 Å². The van der Waals surface area contributed by atoms with E-state index < -0.39 is 0 Å². The van der Waals surface area contributed by atoms with Crippen LogP contribution in [0.4, 0.5) is 5.82 Å². The Morgan fingerprint density at radius 3 is 2.86 bits per heavy atom. The third-order valence-electron chi connectivity index (χ3n) is 1.92. The number of aromatic nitrogens is 2. The summed E-state index contributed by atoms with van der Waals surface area (Å²) < 4.78 is 0. The van der Waals surface area contributed by atoms with Crippen LogP contribution in [0.5, 0.6) is 0 Å². The maximum Gasteiger partial charge on any atom is 0.147 e. The molecular weight excluding hydrogens is 174 g/mol. The molecule has 0 amide bonds. The van der Waals surface area contributed by atoms with Gasteiger partial charge in [0.1, 0.15) is 5.82 Å². The highest BCUT2D eigenvalue weighted by molar-refractivity contribution is 5.37. The summed E-state index contributed by atoms with van der Waals surface area (Å²) in [5.74, 6) is 3.49. The van der Waals surface area contributed by atoms with Crippen LogP contribution in [-0.4, -0.2) is 16.5 Å². The molecule has 0 aromatic carbocycles.